The van der Waals surface area contributed by atoms with Crippen LogP contribution in [0.2, 0.25) is 0 Å². The Morgan fingerprint density at radius 1 is 1.08 bits per heavy atom. The summed E-state index contributed by atoms with van der Waals surface area (Å²) in [7, 11) is 0. The Morgan fingerprint density at radius 3 is 2.31 bits per heavy atom. The van der Waals surface area contributed by atoms with Crippen molar-refractivity contribution < 1.29 is 31.5 Å². The van der Waals surface area contributed by atoms with Gasteiger partial charge in [0.05, 0.1) is 23.9 Å². The summed E-state index contributed by atoms with van der Waals surface area (Å²) in [6.07, 6.45) is -4.66. The third kappa shape index (κ3) is 5.59. The van der Waals surface area contributed by atoms with E-state index in [1.165, 1.54) is 0 Å². The molecule has 2 fully saturated rings. The number of carbonyl (C=O) groups is 1. The quantitative estimate of drug-likeness (QED) is 0.425. The lowest BCUT2D eigenvalue weighted by Gasteiger charge is -2.38. The highest BCUT2D eigenvalue weighted by atomic mass is 19.4. The van der Waals surface area contributed by atoms with Crippen LogP contribution >= 0.6 is 0 Å². The standard InChI is InChI=1S/C25H33F5N4O2/c1-14-15(2)31-20-10-19(16-6-8-18(9-7-16)25(28,29)30)32-34(20)21(14)17-11-24(26,27)13-33(12-17)22(35)36-23(3,4)5/h10,16-18H,6-9,11-13H2,1-5H3/t16-,17?,18-. The molecule has 2 aromatic rings. The molecular weight excluding hydrogens is 483 g/mol. The Kier molecular flexibility index (Phi) is 6.75. The molecule has 0 spiro atoms. The molecule has 1 amide bonds. The van der Waals surface area contributed by atoms with Crippen LogP contribution in [0, 0.1) is 19.8 Å². The number of likely N-dealkylation sites (tertiary alicyclic amines) is 1. The van der Waals surface area contributed by atoms with Crippen LogP contribution in [-0.2, 0) is 4.74 Å². The van der Waals surface area contributed by atoms with Gasteiger partial charge in [0.2, 0.25) is 0 Å². The van der Waals surface area contributed by atoms with Gasteiger partial charge in [0, 0.05) is 36.6 Å². The maximum Gasteiger partial charge on any atom is 0.410 e. The molecule has 0 bridgehead atoms. The minimum Gasteiger partial charge on any atom is -0.444 e. The highest BCUT2D eigenvalue weighted by Crippen LogP contribution is 2.43. The number of hydrogen-bond donors (Lipinski definition) is 0. The molecule has 3 heterocycles. The third-order valence-electron chi connectivity index (χ3n) is 7.20. The summed E-state index contributed by atoms with van der Waals surface area (Å²) < 4.78 is 75.9. The Bertz CT molecular complexity index is 1130. The van der Waals surface area contributed by atoms with Gasteiger partial charge >= 0.3 is 12.3 Å². The number of piperidine rings is 1. The van der Waals surface area contributed by atoms with E-state index in [1.807, 2.05) is 0 Å². The summed E-state index contributed by atoms with van der Waals surface area (Å²) in [5.41, 5.74) is 2.17. The second-order valence-electron chi connectivity index (χ2n) is 11.3. The lowest BCUT2D eigenvalue weighted by molar-refractivity contribution is -0.182. The van der Waals surface area contributed by atoms with Gasteiger partial charge in [-0.15, -0.1) is 0 Å². The van der Waals surface area contributed by atoms with E-state index in [-0.39, 0.29) is 25.3 Å². The summed E-state index contributed by atoms with van der Waals surface area (Å²) in [5.74, 6) is -5.29. The third-order valence-corrected chi connectivity index (χ3v) is 7.20. The van der Waals surface area contributed by atoms with Gasteiger partial charge in [-0.1, -0.05) is 0 Å². The number of carbonyl (C=O) groups excluding carboxylic acids is 1. The number of alkyl halides is 5. The molecule has 1 aliphatic carbocycles. The van der Waals surface area contributed by atoms with E-state index in [1.54, 1.807) is 45.2 Å². The second-order valence-corrected chi connectivity index (χ2v) is 11.3. The molecule has 4 rings (SSSR count). The van der Waals surface area contributed by atoms with Crippen molar-refractivity contribution in [3.05, 3.63) is 28.7 Å². The number of nitrogens with zero attached hydrogens (tertiary/aromatic N) is 4. The van der Waals surface area contributed by atoms with Gasteiger partial charge in [0.1, 0.15) is 5.60 Å². The molecule has 1 aliphatic heterocycles. The van der Waals surface area contributed by atoms with Gasteiger partial charge < -0.3 is 9.64 Å². The first kappa shape index (κ1) is 26.6. The van der Waals surface area contributed by atoms with Crippen molar-refractivity contribution in [1.82, 2.24) is 19.5 Å². The number of aromatic nitrogens is 3. The Hall–Kier alpha value is -2.46. The molecule has 2 aromatic heterocycles. The molecular formula is C25H33F5N4O2. The van der Waals surface area contributed by atoms with Crippen LogP contribution in [0.1, 0.15) is 87.4 Å². The second kappa shape index (κ2) is 9.13. The first-order chi connectivity index (χ1) is 16.5. The van der Waals surface area contributed by atoms with Crippen molar-refractivity contribution in [2.24, 2.45) is 5.92 Å². The number of aryl methyl sites for hydroxylation is 1. The molecule has 0 radical (unpaired) electrons. The van der Waals surface area contributed by atoms with Crippen LogP contribution in [0.25, 0.3) is 5.65 Å². The fourth-order valence-corrected chi connectivity index (χ4v) is 5.39. The molecule has 36 heavy (non-hydrogen) atoms. The lowest BCUT2D eigenvalue weighted by atomic mass is 9.80. The predicted molar refractivity (Wildman–Crippen MR) is 123 cm³/mol. The smallest absolute Gasteiger partial charge is 0.410 e. The summed E-state index contributed by atoms with van der Waals surface area (Å²) in [6.45, 7) is 7.92. The van der Waals surface area contributed by atoms with Crippen LogP contribution < -0.4 is 0 Å². The first-order valence-electron chi connectivity index (χ1n) is 12.3. The molecule has 0 aromatic carbocycles. The van der Waals surface area contributed by atoms with E-state index in [0.717, 1.165) is 4.90 Å². The monoisotopic (exact) mass is 516 g/mol. The number of amides is 1. The number of halogens is 5. The van der Waals surface area contributed by atoms with Crippen LogP contribution in [0.3, 0.4) is 0 Å². The Morgan fingerprint density at radius 2 is 1.72 bits per heavy atom. The van der Waals surface area contributed by atoms with Crippen LogP contribution in [0.4, 0.5) is 26.7 Å². The number of rotatable bonds is 2. The van der Waals surface area contributed by atoms with Gasteiger partial charge in [0.25, 0.3) is 5.92 Å². The van der Waals surface area contributed by atoms with Crippen LogP contribution in [0.5, 0.6) is 0 Å². The average Bonchev–Trinajstić information content (AvgIpc) is 3.15. The topological polar surface area (TPSA) is 59.7 Å². The van der Waals surface area contributed by atoms with Crippen molar-refractivity contribution >= 4 is 11.7 Å². The molecule has 1 saturated carbocycles. The van der Waals surface area contributed by atoms with Crippen LogP contribution in [0.15, 0.2) is 6.07 Å². The predicted octanol–water partition coefficient (Wildman–Crippen LogP) is 6.54. The fraction of sp³-hybridized carbons (Fsp3) is 0.720. The van der Waals surface area contributed by atoms with Gasteiger partial charge in [-0.2, -0.15) is 18.3 Å². The van der Waals surface area contributed by atoms with Crippen molar-refractivity contribution in [3.8, 4) is 0 Å². The normalized spacial score (nSPS) is 25.3. The van der Waals surface area contributed by atoms with E-state index in [9.17, 15) is 26.7 Å². The molecule has 1 unspecified atom stereocenters. The van der Waals surface area contributed by atoms with Gasteiger partial charge in [-0.25, -0.2) is 23.1 Å². The highest BCUT2D eigenvalue weighted by molar-refractivity contribution is 5.68. The van der Waals surface area contributed by atoms with Crippen molar-refractivity contribution in [1.29, 1.82) is 0 Å². The lowest BCUT2D eigenvalue weighted by Crippen LogP contribution is -2.50. The molecule has 1 atom stereocenters. The van der Waals surface area contributed by atoms with Crippen molar-refractivity contribution in [3.63, 3.8) is 0 Å². The van der Waals surface area contributed by atoms with E-state index in [4.69, 9.17) is 4.74 Å². The zero-order valence-electron chi connectivity index (χ0n) is 21.3. The largest absolute Gasteiger partial charge is 0.444 e. The van der Waals surface area contributed by atoms with Crippen molar-refractivity contribution in [2.75, 3.05) is 13.1 Å². The Labute approximate surface area is 207 Å². The van der Waals surface area contributed by atoms with E-state index in [0.29, 0.717) is 41.1 Å². The number of fused-ring (bicyclic) bond motifs is 1. The first-order valence-corrected chi connectivity index (χ1v) is 12.3. The highest BCUT2D eigenvalue weighted by Gasteiger charge is 2.45. The average molecular weight is 517 g/mol. The zero-order chi connectivity index (χ0) is 26.6. The summed E-state index contributed by atoms with van der Waals surface area (Å²) in [6, 6.07) is 1.75. The molecule has 0 N–H and O–H groups in total. The minimum absolute atomic E-state index is 0.0375. The van der Waals surface area contributed by atoms with E-state index in [2.05, 4.69) is 10.1 Å². The molecule has 11 heteroatoms. The van der Waals surface area contributed by atoms with E-state index >= 15 is 0 Å². The minimum atomic E-state index is -4.20. The molecule has 200 valence electrons. The van der Waals surface area contributed by atoms with Gasteiger partial charge in [-0.05, 0) is 65.9 Å². The molecule has 2 aliphatic rings. The summed E-state index contributed by atoms with van der Waals surface area (Å²) in [5, 5.41) is 4.67. The SMILES string of the molecule is Cc1nc2cc([C@H]3CC[C@H](C(F)(F)F)CC3)nn2c(C2CN(C(=O)OC(C)(C)C)CC(F)(F)C2)c1C. The molecule has 6 nitrogen and oxygen atoms in total. The summed E-state index contributed by atoms with van der Waals surface area (Å²) >= 11 is 0. The number of ether oxygens (including phenoxy) is 1. The Balaban J connectivity index is 1.66. The van der Waals surface area contributed by atoms with Gasteiger partial charge in [-0.3, -0.25) is 0 Å². The van der Waals surface area contributed by atoms with Gasteiger partial charge in [0.15, 0.2) is 5.65 Å². The maximum absolute atomic E-state index is 14.9. The van der Waals surface area contributed by atoms with Crippen molar-refractivity contribution in [2.45, 2.75) is 96.3 Å². The van der Waals surface area contributed by atoms with E-state index < -0.39 is 48.6 Å². The fourth-order valence-electron chi connectivity index (χ4n) is 5.39. The number of hydrogen-bond acceptors (Lipinski definition) is 4. The maximum atomic E-state index is 14.9. The van der Waals surface area contributed by atoms with Crippen LogP contribution in [-0.4, -0.2) is 56.4 Å². The summed E-state index contributed by atoms with van der Waals surface area (Å²) in [4.78, 5) is 18.3. The zero-order valence-corrected chi connectivity index (χ0v) is 21.3. The molecule has 1 saturated heterocycles.